The molecule has 2 aromatic rings. The van der Waals surface area contributed by atoms with Gasteiger partial charge < -0.3 is 14.4 Å². The maximum absolute atomic E-state index is 14.2. The summed E-state index contributed by atoms with van der Waals surface area (Å²) in [6, 6.07) is 9.69. The number of ether oxygens (including phenoxy) is 2. The van der Waals surface area contributed by atoms with E-state index in [1.165, 1.54) is 0 Å². The third-order valence-corrected chi connectivity index (χ3v) is 7.74. The lowest BCUT2D eigenvalue weighted by molar-refractivity contribution is -0.124. The Labute approximate surface area is 237 Å². The van der Waals surface area contributed by atoms with Gasteiger partial charge in [-0.05, 0) is 77.7 Å². The van der Waals surface area contributed by atoms with Crippen molar-refractivity contribution in [1.29, 1.82) is 0 Å². The van der Waals surface area contributed by atoms with Crippen LogP contribution in [0.2, 0.25) is 0 Å². The molecule has 2 amide bonds. The minimum atomic E-state index is -0.575. The normalized spacial score (nSPS) is 20.2. The van der Waals surface area contributed by atoms with Gasteiger partial charge in [-0.1, -0.05) is 37.3 Å². The summed E-state index contributed by atoms with van der Waals surface area (Å²) in [4.78, 5) is 43.6. The van der Waals surface area contributed by atoms with E-state index in [1.54, 1.807) is 27.6 Å². The summed E-state index contributed by atoms with van der Waals surface area (Å²) in [5.74, 6) is 0.370. The number of esters is 1. The minimum absolute atomic E-state index is 0.0122. The molecule has 1 saturated heterocycles. The van der Waals surface area contributed by atoms with Crippen molar-refractivity contribution in [2.75, 3.05) is 24.6 Å². The van der Waals surface area contributed by atoms with Gasteiger partial charge in [-0.2, -0.15) is 5.10 Å². The van der Waals surface area contributed by atoms with Gasteiger partial charge in [0.2, 0.25) is 5.91 Å². The number of carbonyl (C=O) groups is 3. The summed E-state index contributed by atoms with van der Waals surface area (Å²) in [7, 11) is 0. The highest BCUT2D eigenvalue weighted by Crippen LogP contribution is 2.34. The molecule has 0 atom stereocenters. The number of amides is 2. The molecule has 9 nitrogen and oxygen atoms in total. The van der Waals surface area contributed by atoms with Crippen molar-refractivity contribution in [2.24, 2.45) is 11.8 Å². The highest BCUT2D eigenvalue weighted by Gasteiger charge is 2.39. The Balaban J connectivity index is 1.65. The average Bonchev–Trinajstić information content (AvgIpc) is 3.32. The predicted molar refractivity (Wildman–Crippen MR) is 153 cm³/mol. The van der Waals surface area contributed by atoms with Crippen LogP contribution >= 0.6 is 0 Å². The van der Waals surface area contributed by atoms with Gasteiger partial charge in [0.15, 0.2) is 5.82 Å². The van der Waals surface area contributed by atoms with Crippen molar-refractivity contribution < 1.29 is 23.9 Å². The van der Waals surface area contributed by atoms with E-state index in [-0.39, 0.29) is 30.6 Å². The number of hydrogen-bond donors (Lipinski definition) is 0. The van der Waals surface area contributed by atoms with Crippen LogP contribution in [0.1, 0.15) is 89.1 Å². The van der Waals surface area contributed by atoms with Gasteiger partial charge in [-0.15, -0.1) is 0 Å². The zero-order chi connectivity index (χ0) is 28.9. The largest absolute Gasteiger partial charge is 0.462 e. The Morgan fingerprint density at radius 1 is 1.00 bits per heavy atom. The molecule has 2 heterocycles. The Kier molecular flexibility index (Phi) is 9.53. The first kappa shape index (κ1) is 29.6. The van der Waals surface area contributed by atoms with E-state index in [0.29, 0.717) is 49.8 Å². The predicted octanol–water partition coefficient (Wildman–Crippen LogP) is 5.67. The Hall–Kier alpha value is -3.36. The summed E-state index contributed by atoms with van der Waals surface area (Å²) < 4.78 is 12.7. The van der Waals surface area contributed by atoms with Crippen molar-refractivity contribution in [2.45, 2.75) is 91.3 Å². The van der Waals surface area contributed by atoms with Crippen LogP contribution in [0, 0.1) is 11.8 Å². The number of aromatic nitrogens is 2. The molecule has 0 N–H and O–H groups in total. The van der Waals surface area contributed by atoms with Crippen LogP contribution in [0.3, 0.4) is 0 Å². The molecule has 1 aliphatic carbocycles. The summed E-state index contributed by atoms with van der Waals surface area (Å²) in [5.41, 5.74) is 0.760. The van der Waals surface area contributed by atoms with Crippen LogP contribution in [0.5, 0.6) is 0 Å². The molecule has 0 unspecified atom stereocenters. The molecule has 0 radical (unpaired) electrons. The van der Waals surface area contributed by atoms with E-state index in [0.717, 1.165) is 31.2 Å². The standard InChI is InChI=1S/C31H44N4O5/c1-6-39-29(37)26-21-34(20-23-10-8-7-9-11-23)32-27(26)35(28(36)24-14-12-22(2)13-15-24)25-16-18-33(19-17-25)30(38)40-31(3,4)5/h7-11,21-22,24-25H,6,12-20H2,1-5H3. The molecule has 1 aromatic carbocycles. The number of likely N-dealkylation sites (tertiary alicyclic amines) is 1. The second kappa shape index (κ2) is 12.9. The Bertz CT molecular complexity index is 1160. The summed E-state index contributed by atoms with van der Waals surface area (Å²) in [6.07, 6.45) is 6.16. The first-order valence-corrected chi connectivity index (χ1v) is 14.6. The summed E-state index contributed by atoms with van der Waals surface area (Å²) in [6.45, 7) is 11.2. The molecule has 9 heteroatoms. The van der Waals surface area contributed by atoms with Crippen molar-refractivity contribution >= 4 is 23.8 Å². The fourth-order valence-electron chi connectivity index (χ4n) is 5.59. The van der Waals surface area contributed by atoms with E-state index < -0.39 is 11.6 Å². The van der Waals surface area contributed by atoms with Gasteiger partial charge in [0.25, 0.3) is 0 Å². The second-order valence-electron chi connectivity index (χ2n) is 12.1. The lowest BCUT2D eigenvalue weighted by Crippen LogP contribution is -2.52. The SMILES string of the molecule is CCOC(=O)c1cn(Cc2ccccc2)nc1N(C(=O)C1CCC(C)CC1)C1CCN(C(=O)OC(C)(C)C)CC1. The minimum Gasteiger partial charge on any atom is -0.462 e. The average molecular weight is 553 g/mol. The molecule has 1 aliphatic heterocycles. The summed E-state index contributed by atoms with van der Waals surface area (Å²) in [5, 5.41) is 4.83. The maximum atomic E-state index is 14.2. The molecule has 1 saturated carbocycles. The van der Waals surface area contributed by atoms with Gasteiger partial charge in [0.05, 0.1) is 13.2 Å². The highest BCUT2D eigenvalue weighted by atomic mass is 16.6. The van der Waals surface area contributed by atoms with E-state index in [9.17, 15) is 14.4 Å². The van der Waals surface area contributed by atoms with Gasteiger partial charge in [-0.25, -0.2) is 9.59 Å². The lowest BCUT2D eigenvalue weighted by Gasteiger charge is -2.40. The number of piperidine rings is 1. The van der Waals surface area contributed by atoms with Crippen LogP contribution in [0.25, 0.3) is 0 Å². The second-order valence-corrected chi connectivity index (χ2v) is 12.1. The number of hydrogen-bond acceptors (Lipinski definition) is 6. The fourth-order valence-corrected chi connectivity index (χ4v) is 5.59. The smallest absolute Gasteiger partial charge is 0.410 e. The van der Waals surface area contributed by atoms with Gasteiger partial charge in [-0.3, -0.25) is 14.4 Å². The third kappa shape index (κ3) is 7.43. The van der Waals surface area contributed by atoms with Crippen LogP contribution in [-0.4, -0.2) is 64.0 Å². The van der Waals surface area contributed by atoms with Crippen molar-refractivity contribution in [3.05, 3.63) is 47.7 Å². The molecule has 40 heavy (non-hydrogen) atoms. The monoisotopic (exact) mass is 552 g/mol. The lowest BCUT2D eigenvalue weighted by atomic mass is 9.82. The van der Waals surface area contributed by atoms with E-state index >= 15 is 0 Å². The first-order valence-electron chi connectivity index (χ1n) is 14.6. The Morgan fingerprint density at radius 3 is 2.25 bits per heavy atom. The molecular weight excluding hydrogens is 508 g/mol. The molecule has 4 rings (SSSR count). The molecule has 2 fully saturated rings. The number of benzene rings is 1. The third-order valence-electron chi connectivity index (χ3n) is 7.74. The Morgan fingerprint density at radius 2 is 1.65 bits per heavy atom. The van der Waals surface area contributed by atoms with E-state index in [2.05, 4.69) is 6.92 Å². The zero-order valence-corrected chi connectivity index (χ0v) is 24.6. The molecular formula is C31H44N4O5. The molecule has 2 aliphatic rings. The number of nitrogens with zero attached hydrogens (tertiary/aromatic N) is 4. The number of carbonyl (C=O) groups excluding carboxylic acids is 3. The fraction of sp³-hybridized carbons (Fsp3) is 0.613. The van der Waals surface area contributed by atoms with Crippen LogP contribution in [0.4, 0.5) is 10.6 Å². The van der Waals surface area contributed by atoms with E-state index in [4.69, 9.17) is 14.6 Å². The molecule has 0 spiro atoms. The first-order chi connectivity index (χ1) is 19.1. The van der Waals surface area contributed by atoms with Gasteiger partial charge in [0, 0.05) is 31.2 Å². The maximum Gasteiger partial charge on any atom is 0.410 e. The number of rotatable bonds is 7. The molecule has 1 aromatic heterocycles. The summed E-state index contributed by atoms with van der Waals surface area (Å²) >= 11 is 0. The van der Waals surface area contributed by atoms with Crippen molar-refractivity contribution in [3.8, 4) is 0 Å². The zero-order valence-electron chi connectivity index (χ0n) is 24.6. The van der Waals surface area contributed by atoms with E-state index in [1.807, 2.05) is 51.1 Å². The molecule has 0 bridgehead atoms. The van der Waals surface area contributed by atoms with Crippen molar-refractivity contribution in [1.82, 2.24) is 14.7 Å². The molecule has 218 valence electrons. The topological polar surface area (TPSA) is 94.0 Å². The van der Waals surface area contributed by atoms with Crippen molar-refractivity contribution in [3.63, 3.8) is 0 Å². The van der Waals surface area contributed by atoms with Crippen LogP contribution in [0.15, 0.2) is 36.5 Å². The quantitative estimate of drug-likeness (QED) is 0.411. The van der Waals surface area contributed by atoms with Gasteiger partial charge in [0.1, 0.15) is 11.2 Å². The van der Waals surface area contributed by atoms with Gasteiger partial charge >= 0.3 is 12.1 Å². The number of anilines is 1. The van der Waals surface area contributed by atoms with Crippen LogP contribution in [-0.2, 0) is 20.8 Å². The highest BCUT2D eigenvalue weighted by molar-refractivity contribution is 6.02. The van der Waals surface area contributed by atoms with Crippen LogP contribution < -0.4 is 4.90 Å².